The zero-order valence-electron chi connectivity index (χ0n) is 16.0. The molecule has 0 aliphatic carbocycles. The van der Waals surface area contributed by atoms with E-state index in [4.69, 9.17) is 4.74 Å². The molecule has 4 nitrogen and oxygen atoms in total. The predicted molar refractivity (Wildman–Crippen MR) is 105 cm³/mol. The number of carbonyl (C=O) groups excluding carboxylic acids is 1. The van der Waals surface area contributed by atoms with Crippen molar-refractivity contribution >= 4 is 11.7 Å². The second-order valence-electron chi connectivity index (χ2n) is 6.80. The first-order valence-corrected chi connectivity index (χ1v) is 9.38. The smallest absolute Gasteiger partial charge is 0.411 e. The molecule has 1 heterocycles. The Morgan fingerprint density at radius 3 is 2.71 bits per heavy atom. The Morgan fingerprint density at radius 1 is 1.25 bits per heavy atom. The van der Waals surface area contributed by atoms with E-state index in [0.29, 0.717) is 12.1 Å². The van der Waals surface area contributed by atoms with E-state index in [1.165, 1.54) is 4.90 Å². The fourth-order valence-electron chi connectivity index (χ4n) is 3.27. The molecule has 1 aliphatic rings. The van der Waals surface area contributed by atoms with Crippen LogP contribution < -0.4 is 5.32 Å². The number of amides is 1. The van der Waals surface area contributed by atoms with Gasteiger partial charge in [-0.05, 0) is 42.8 Å². The van der Waals surface area contributed by atoms with Gasteiger partial charge < -0.3 is 10.1 Å². The highest BCUT2D eigenvalue weighted by Gasteiger charge is 2.33. The Morgan fingerprint density at radius 2 is 2.00 bits per heavy atom. The molecule has 1 unspecified atom stereocenters. The van der Waals surface area contributed by atoms with Crippen molar-refractivity contribution in [1.29, 1.82) is 0 Å². The summed E-state index contributed by atoms with van der Waals surface area (Å²) in [7, 11) is 0. The van der Waals surface area contributed by atoms with Crippen molar-refractivity contribution < 1.29 is 18.3 Å². The van der Waals surface area contributed by atoms with E-state index in [1.54, 1.807) is 6.08 Å². The molecular weight excluding hydrogens is 362 g/mol. The first-order chi connectivity index (χ1) is 13.5. The van der Waals surface area contributed by atoms with Crippen LogP contribution in [0.5, 0.6) is 0 Å². The van der Waals surface area contributed by atoms with E-state index in [9.17, 15) is 13.6 Å². The fraction of sp³-hybridized carbons (Fsp3) is 0.318. The molecule has 3 rings (SSSR count). The van der Waals surface area contributed by atoms with Gasteiger partial charge in [-0.3, -0.25) is 4.90 Å². The Hall–Kier alpha value is -2.73. The molecule has 148 valence electrons. The van der Waals surface area contributed by atoms with Crippen molar-refractivity contribution in [1.82, 2.24) is 10.2 Å². The van der Waals surface area contributed by atoms with Gasteiger partial charge in [-0.25, -0.2) is 13.6 Å². The number of hydrogen-bond donors (Lipinski definition) is 1. The molecule has 0 bridgehead atoms. The van der Waals surface area contributed by atoms with Gasteiger partial charge in [-0.1, -0.05) is 43.3 Å². The van der Waals surface area contributed by atoms with Crippen LogP contribution in [0.1, 0.15) is 31.0 Å². The van der Waals surface area contributed by atoms with Gasteiger partial charge in [-0.2, -0.15) is 0 Å². The van der Waals surface area contributed by atoms with Gasteiger partial charge >= 0.3 is 6.09 Å². The molecule has 0 radical (unpaired) electrons. The van der Waals surface area contributed by atoms with E-state index in [2.05, 4.69) is 5.32 Å². The molecule has 2 atom stereocenters. The highest BCUT2D eigenvalue weighted by atomic mass is 19.1. The Balaban J connectivity index is 1.87. The quantitative estimate of drug-likeness (QED) is 0.793. The predicted octanol–water partition coefficient (Wildman–Crippen LogP) is 4.54. The van der Waals surface area contributed by atoms with Crippen LogP contribution in [0.25, 0.3) is 5.57 Å². The molecule has 6 heteroatoms. The van der Waals surface area contributed by atoms with Crippen LogP contribution in [0.3, 0.4) is 0 Å². The number of nitrogens with zero attached hydrogens (tertiary/aromatic N) is 1. The van der Waals surface area contributed by atoms with Crippen LogP contribution in [-0.2, 0) is 4.74 Å². The summed E-state index contributed by atoms with van der Waals surface area (Å²) in [6.45, 7) is 5.26. The van der Waals surface area contributed by atoms with Crippen molar-refractivity contribution in [2.24, 2.45) is 0 Å². The summed E-state index contributed by atoms with van der Waals surface area (Å²) in [6.07, 6.45) is 1.00. The third-order valence-electron chi connectivity index (χ3n) is 4.67. The van der Waals surface area contributed by atoms with E-state index in [0.717, 1.165) is 30.3 Å². The molecule has 2 aromatic carbocycles. The molecule has 0 spiro atoms. The standard InChI is InChI=1S/C22H24F2N2O2/c1-3-25-13-15(2)28-22(27)26-14-17(19-12-18(23)9-10-20(19)24)11-21(26)16-7-5-4-6-8-16/h4-12,15,21,25H,3,13-14H2,1-2H3/t15?,21-/m0/s1. The third kappa shape index (κ3) is 4.57. The Bertz CT molecular complexity index is 855. The number of halogens is 2. The van der Waals surface area contributed by atoms with Crippen LogP contribution in [0.2, 0.25) is 0 Å². The molecule has 1 N–H and O–H groups in total. The number of carbonyl (C=O) groups is 1. The van der Waals surface area contributed by atoms with Gasteiger partial charge in [0.05, 0.1) is 12.6 Å². The minimum absolute atomic E-state index is 0.146. The maximum Gasteiger partial charge on any atom is 0.411 e. The topological polar surface area (TPSA) is 41.6 Å². The first-order valence-electron chi connectivity index (χ1n) is 9.38. The maximum absolute atomic E-state index is 14.3. The number of benzene rings is 2. The summed E-state index contributed by atoms with van der Waals surface area (Å²) >= 11 is 0. The summed E-state index contributed by atoms with van der Waals surface area (Å²) < 4.78 is 33.5. The number of likely N-dealkylation sites (N-methyl/N-ethyl adjacent to an activating group) is 1. The fourth-order valence-corrected chi connectivity index (χ4v) is 3.27. The average molecular weight is 386 g/mol. The highest BCUT2D eigenvalue weighted by Crippen LogP contribution is 2.36. The van der Waals surface area contributed by atoms with E-state index in [1.807, 2.05) is 44.2 Å². The number of hydrogen-bond acceptors (Lipinski definition) is 3. The molecule has 2 aromatic rings. The molecule has 1 aliphatic heterocycles. The molecule has 0 saturated carbocycles. The van der Waals surface area contributed by atoms with Crippen LogP contribution >= 0.6 is 0 Å². The van der Waals surface area contributed by atoms with Crippen molar-refractivity contribution in [3.63, 3.8) is 0 Å². The molecule has 0 fully saturated rings. The van der Waals surface area contributed by atoms with Gasteiger partial charge in [0.15, 0.2) is 0 Å². The number of nitrogens with one attached hydrogen (secondary N) is 1. The van der Waals surface area contributed by atoms with Crippen LogP contribution in [0.4, 0.5) is 13.6 Å². The Labute approximate surface area is 163 Å². The highest BCUT2D eigenvalue weighted by molar-refractivity contribution is 5.79. The zero-order chi connectivity index (χ0) is 20.1. The Kier molecular flexibility index (Phi) is 6.41. The number of ether oxygens (including phenoxy) is 1. The lowest BCUT2D eigenvalue weighted by molar-refractivity contribution is 0.0690. The van der Waals surface area contributed by atoms with Crippen molar-refractivity contribution in [3.05, 3.63) is 77.4 Å². The summed E-state index contributed by atoms with van der Waals surface area (Å²) in [5.74, 6) is -1.04. The van der Waals surface area contributed by atoms with Crippen molar-refractivity contribution in [3.8, 4) is 0 Å². The summed E-state index contributed by atoms with van der Waals surface area (Å²) in [5.41, 5.74) is 1.60. The third-order valence-corrected chi connectivity index (χ3v) is 4.67. The number of rotatable bonds is 6. The van der Waals surface area contributed by atoms with E-state index in [-0.39, 0.29) is 18.2 Å². The minimum Gasteiger partial charge on any atom is -0.445 e. The van der Waals surface area contributed by atoms with Gasteiger partial charge in [-0.15, -0.1) is 0 Å². The van der Waals surface area contributed by atoms with Gasteiger partial charge in [0.25, 0.3) is 0 Å². The molecule has 28 heavy (non-hydrogen) atoms. The van der Waals surface area contributed by atoms with Crippen LogP contribution in [0, 0.1) is 11.6 Å². The van der Waals surface area contributed by atoms with Crippen LogP contribution in [-0.4, -0.2) is 36.7 Å². The minimum atomic E-state index is -0.520. The molecule has 0 aromatic heterocycles. The van der Waals surface area contributed by atoms with E-state index < -0.39 is 23.8 Å². The lowest BCUT2D eigenvalue weighted by Gasteiger charge is -2.26. The molecule has 1 amide bonds. The summed E-state index contributed by atoms with van der Waals surface area (Å²) in [4.78, 5) is 14.3. The lowest BCUT2D eigenvalue weighted by Crippen LogP contribution is -2.37. The monoisotopic (exact) mass is 386 g/mol. The maximum atomic E-state index is 14.3. The molecule has 0 saturated heterocycles. The first kappa shape index (κ1) is 20.0. The van der Waals surface area contributed by atoms with Gasteiger partial charge in [0.2, 0.25) is 0 Å². The average Bonchev–Trinajstić information content (AvgIpc) is 3.14. The normalized spacial score (nSPS) is 17.4. The largest absolute Gasteiger partial charge is 0.445 e. The van der Waals surface area contributed by atoms with Gasteiger partial charge in [0.1, 0.15) is 17.7 Å². The zero-order valence-corrected chi connectivity index (χ0v) is 16.0. The van der Waals surface area contributed by atoms with Crippen LogP contribution in [0.15, 0.2) is 54.6 Å². The molecular formula is C22H24F2N2O2. The second-order valence-corrected chi connectivity index (χ2v) is 6.80. The van der Waals surface area contributed by atoms with E-state index >= 15 is 0 Å². The summed E-state index contributed by atoms with van der Waals surface area (Å²) in [6, 6.07) is 12.4. The van der Waals surface area contributed by atoms with Crippen molar-refractivity contribution in [2.75, 3.05) is 19.6 Å². The lowest BCUT2D eigenvalue weighted by atomic mass is 10.0. The summed E-state index contributed by atoms with van der Waals surface area (Å²) in [5, 5.41) is 3.14. The van der Waals surface area contributed by atoms with Crippen molar-refractivity contribution in [2.45, 2.75) is 26.0 Å². The second kappa shape index (κ2) is 8.97. The van der Waals surface area contributed by atoms with Gasteiger partial charge in [0, 0.05) is 12.1 Å². The SMILES string of the molecule is CCNCC(C)OC(=O)N1CC(c2cc(F)ccc2F)=C[C@H]1c1ccccc1.